The minimum absolute atomic E-state index is 0.315. The molecule has 2 aromatic rings. The first kappa shape index (κ1) is 16.8. The van der Waals surface area contributed by atoms with Gasteiger partial charge in [0.05, 0.1) is 5.56 Å². The zero-order chi connectivity index (χ0) is 16.9. The number of benzene rings is 1. The maximum Gasteiger partial charge on any atom is 0.407 e. The van der Waals surface area contributed by atoms with E-state index in [9.17, 15) is 9.18 Å². The van der Waals surface area contributed by atoms with Gasteiger partial charge < -0.3 is 10.1 Å². The smallest absolute Gasteiger partial charge is 0.407 e. The van der Waals surface area contributed by atoms with E-state index in [4.69, 9.17) is 4.74 Å². The average molecular weight is 314 g/mol. The summed E-state index contributed by atoms with van der Waals surface area (Å²) in [6.07, 6.45) is 3.09. The van der Waals surface area contributed by atoms with Gasteiger partial charge in [0.25, 0.3) is 0 Å². The molecule has 0 bridgehead atoms. The van der Waals surface area contributed by atoms with Crippen molar-refractivity contribution in [2.75, 3.05) is 6.54 Å². The number of halogens is 1. The second kappa shape index (κ2) is 7.10. The largest absolute Gasteiger partial charge is 0.444 e. The number of amides is 1. The van der Waals surface area contributed by atoms with Crippen molar-refractivity contribution in [1.29, 1.82) is 0 Å². The van der Waals surface area contributed by atoms with Crippen LogP contribution in [0.5, 0.6) is 0 Å². The van der Waals surface area contributed by atoms with Gasteiger partial charge in [0.15, 0.2) is 0 Å². The number of carbonyl (C=O) groups is 1. The van der Waals surface area contributed by atoms with Crippen molar-refractivity contribution < 1.29 is 13.9 Å². The molecule has 0 aliphatic carbocycles. The number of nitrogens with one attached hydrogen (secondary N) is 1. The summed E-state index contributed by atoms with van der Waals surface area (Å²) in [5.41, 5.74) is 0.147. The lowest BCUT2D eigenvalue weighted by Gasteiger charge is -2.19. The first-order valence-corrected chi connectivity index (χ1v) is 7.35. The summed E-state index contributed by atoms with van der Waals surface area (Å²) in [7, 11) is 0. The highest BCUT2D eigenvalue weighted by Crippen LogP contribution is 2.19. The first-order valence-electron chi connectivity index (χ1n) is 7.35. The van der Waals surface area contributed by atoms with Crippen molar-refractivity contribution in [3.63, 3.8) is 0 Å². The van der Waals surface area contributed by atoms with E-state index < -0.39 is 11.7 Å². The Labute approximate surface area is 135 Å². The van der Waals surface area contributed by atoms with E-state index in [1.54, 1.807) is 33.0 Å². The van der Waals surface area contributed by atoms with Crippen molar-refractivity contribution in [2.45, 2.75) is 32.8 Å². The number of hydrogen-bond donors (Lipinski definition) is 1. The summed E-state index contributed by atoms with van der Waals surface area (Å²) in [4.78, 5) is 15.5. The average Bonchev–Trinajstić information content (AvgIpc) is 2.46. The lowest BCUT2D eigenvalue weighted by atomic mass is 10.1. The standard InChI is InChI=1S/C18H19FN2O2/c1-18(2,3)23-17(22)21-10-5-4-7-13-11-20-12-15-14(13)8-6-9-16(15)19/h6,8-9,11-12H,5,10H2,1-3H3,(H,21,22). The molecule has 1 aromatic carbocycles. The van der Waals surface area contributed by atoms with E-state index in [1.165, 1.54) is 12.3 Å². The molecular formula is C18H19FN2O2. The Hall–Kier alpha value is -2.61. The fourth-order valence-electron chi connectivity index (χ4n) is 1.96. The lowest BCUT2D eigenvalue weighted by molar-refractivity contribution is 0.0529. The predicted octanol–water partition coefficient (Wildman–Crippen LogP) is 3.64. The van der Waals surface area contributed by atoms with Crippen LogP contribution in [0.2, 0.25) is 0 Å². The molecule has 0 saturated carbocycles. The van der Waals surface area contributed by atoms with Crippen LogP contribution in [0.25, 0.3) is 10.8 Å². The van der Waals surface area contributed by atoms with Gasteiger partial charge in [-0.25, -0.2) is 9.18 Å². The number of aromatic nitrogens is 1. The highest BCUT2D eigenvalue weighted by Gasteiger charge is 2.15. The Morgan fingerprint density at radius 1 is 1.30 bits per heavy atom. The van der Waals surface area contributed by atoms with Crippen LogP contribution in [-0.2, 0) is 4.74 Å². The SMILES string of the molecule is CC(C)(C)OC(=O)NCCC#Cc1cncc2c(F)cccc12. The third-order valence-corrected chi connectivity index (χ3v) is 2.89. The van der Waals surface area contributed by atoms with E-state index in [2.05, 4.69) is 22.1 Å². The minimum atomic E-state index is -0.519. The van der Waals surface area contributed by atoms with Crippen LogP contribution in [0.4, 0.5) is 9.18 Å². The molecule has 2 rings (SSSR count). The number of hydrogen-bond acceptors (Lipinski definition) is 3. The van der Waals surface area contributed by atoms with Gasteiger partial charge in [-0.3, -0.25) is 4.98 Å². The molecule has 1 amide bonds. The van der Waals surface area contributed by atoms with Gasteiger partial charge in [0.1, 0.15) is 11.4 Å². The number of nitrogens with zero attached hydrogens (tertiary/aromatic N) is 1. The van der Waals surface area contributed by atoms with Crippen molar-refractivity contribution in [3.8, 4) is 11.8 Å². The van der Waals surface area contributed by atoms with Gasteiger partial charge in [-0.2, -0.15) is 0 Å². The molecule has 0 unspecified atom stereocenters. The molecule has 0 radical (unpaired) electrons. The summed E-state index contributed by atoms with van der Waals surface area (Å²) < 4.78 is 18.8. The normalized spacial score (nSPS) is 10.8. The summed E-state index contributed by atoms with van der Waals surface area (Å²) in [6, 6.07) is 4.85. The summed E-state index contributed by atoms with van der Waals surface area (Å²) in [6.45, 7) is 5.80. The van der Waals surface area contributed by atoms with E-state index in [0.717, 1.165) is 5.39 Å². The monoisotopic (exact) mass is 314 g/mol. The number of pyridine rings is 1. The van der Waals surface area contributed by atoms with Gasteiger partial charge >= 0.3 is 6.09 Å². The van der Waals surface area contributed by atoms with E-state index in [0.29, 0.717) is 23.9 Å². The highest BCUT2D eigenvalue weighted by molar-refractivity contribution is 5.87. The molecule has 0 saturated heterocycles. The lowest BCUT2D eigenvalue weighted by Crippen LogP contribution is -2.32. The molecular weight excluding hydrogens is 295 g/mol. The van der Waals surface area contributed by atoms with Crippen molar-refractivity contribution in [1.82, 2.24) is 10.3 Å². The predicted molar refractivity (Wildman–Crippen MR) is 87.4 cm³/mol. The Balaban J connectivity index is 1.96. The molecule has 1 heterocycles. The van der Waals surface area contributed by atoms with Gasteiger partial charge in [-0.05, 0) is 26.8 Å². The molecule has 23 heavy (non-hydrogen) atoms. The van der Waals surface area contributed by atoms with Crippen LogP contribution in [-0.4, -0.2) is 23.2 Å². The molecule has 1 N–H and O–H groups in total. The number of rotatable bonds is 2. The Morgan fingerprint density at radius 3 is 2.83 bits per heavy atom. The topological polar surface area (TPSA) is 51.2 Å². The maximum atomic E-state index is 13.7. The van der Waals surface area contributed by atoms with Crippen LogP contribution in [0, 0.1) is 17.7 Å². The molecule has 0 aliphatic rings. The quantitative estimate of drug-likeness (QED) is 0.680. The Morgan fingerprint density at radius 2 is 2.09 bits per heavy atom. The number of alkyl carbamates (subject to hydrolysis) is 1. The van der Waals surface area contributed by atoms with Gasteiger partial charge in [-0.1, -0.05) is 24.0 Å². The van der Waals surface area contributed by atoms with Crippen LogP contribution in [0.3, 0.4) is 0 Å². The second-order valence-corrected chi connectivity index (χ2v) is 6.00. The van der Waals surface area contributed by atoms with E-state index in [-0.39, 0.29) is 5.82 Å². The van der Waals surface area contributed by atoms with Crippen LogP contribution in [0.1, 0.15) is 32.8 Å². The zero-order valence-electron chi connectivity index (χ0n) is 13.4. The fraction of sp³-hybridized carbons (Fsp3) is 0.333. The summed E-state index contributed by atoms with van der Waals surface area (Å²) in [5.74, 6) is 5.60. The zero-order valence-corrected chi connectivity index (χ0v) is 13.4. The molecule has 4 nitrogen and oxygen atoms in total. The van der Waals surface area contributed by atoms with Crippen molar-refractivity contribution in [3.05, 3.63) is 42.0 Å². The minimum Gasteiger partial charge on any atom is -0.444 e. The highest BCUT2D eigenvalue weighted by atomic mass is 19.1. The molecule has 5 heteroatoms. The van der Waals surface area contributed by atoms with E-state index in [1.807, 2.05) is 6.07 Å². The first-order chi connectivity index (χ1) is 10.9. The summed E-state index contributed by atoms with van der Waals surface area (Å²) in [5, 5.41) is 3.81. The Bertz CT molecular complexity index is 770. The Kier molecular flexibility index (Phi) is 5.17. The third kappa shape index (κ3) is 4.96. The maximum absolute atomic E-state index is 13.7. The van der Waals surface area contributed by atoms with Crippen LogP contribution in [0.15, 0.2) is 30.6 Å². The number of ether oxygens (including phenoxy) is 1. The molecule has 0 fully saturated rings. The van der Waals surface area contributed by atoms with Crippen LogP contribution < -0.4 is 5.32 Å². The fourth-order valence-corrected chi connectivity index (χ4v) is 1.96. The molecule has 0 aliphatic heterocycles. The molecule has 120 valence electrons. The van der Waals surface area contributed by atoms with Crippen molar-refractivity contribution in [2.24, 2.45) is 0 Å². The molecule has 1 aromatic heterocycles. The van der Waals surface area contributed by atoms with Gasteiger partial charge in [0, 0.05) is 36.1 Å². The third-order valence-electron chi connectivity index (χ3n) is 2.89. The van der Waals surface area contributed by atoms with Crippen molar-refractivity contribution >= 4 is 16.9 Å². The number of fused-ring (bicyclic) bond motifs is 1. The molecule has 0 spiro atoms. The van der Waals surface area contributed by atoms with Crippen LogP contribution >= 0.6 is 0 Å². The van der Waals surface area contributed by atoms with E-state index >= 15 is 0 Å². The van der Waals surface area contributed by atoms with Gasteiger partial charge in [-0.15, -0.1) is 0 Å². The number of carbonyl (C=O) groups excluding carboxylic acids is 1. The second-order valence-electron chi connectivity index (χ2n) is 6.00. The summed E-state index contributed by atoms with van der Waals surface area (Å²) >= 11 is 0. The molecule has 0 atom stereocenters. The van der Waals surface area contributed by atoms with Gasteiger partial charge in [0.2, 0.25) is 0 Å².